The number of hydrogen-bond donors (Lipinski definition) is 0. The fourth-order valence-electron chi connectivity index (χ4n) is 7.21. The highest BCUT2D eigenvalue weighted by Gasteiger charge is 2.30. The van der Waals surface area contributed by atoms with Gasteiger partial charge in [0.2, 0.25) is 5.89 Å². The summed E-state index contributed by atoms with van der Waals surface area (Å²) in [4.78, 5) is 9.01. The quantitative estimate of drug-likeness (QED) is 0.147. The molecule has 9 rings (SSSR count). The van der Waals surface area contributed by atoms with Crippen LogP contribution in [0.15, 0.2) is 205 Å². The second-order valence-corrected chi connectivity index (χ2v) is 14.1. The van der Waals surface area contributed by atoms with Crippen LogP contribution in [0, 0.1) is 6.92 Å². The Bertz CT molecular complexity index is 2800. The average Bonchev–Trinajstić information content (AvgIpc) is 3.70. The first-order valence-electron chi connectivity index (χ1n) is 18.9. The smallest absolute Gasteiger partial charge is 0.416 e. The fourth-order valence-corrected chi connectivity index (χ4v) is 7.21. The van der Waals surface area contributed by atoms with Gasteiger partial charge in [-0.15, -0.1) is 0 Å². The van der Waals surface area contributed by atoms with Gasteiger partial charge >= 0.3 is 6.18 Å². The summed E-state index contributed by atoms with van der Waals surface area (Å²) in [5.74, 6) is 0.426. The normalized spacial score (nSPS) is 11.4. The van der Waals surface area contributed by atoms with Crippen LogP contribution in [0.1, 0.15) is 11.1 Å². The molecule has 0 aliphatic heterocycles. The van der Waals surface area contributed by atoms with Crippen LogP contribution in [0.4, 0.5) is 47.3 Å². The number of rotatable bonds is 9. The van der Waals surface area contributed by atoms with Gasteiger partial charge in [-0.2, -0.15) is 13.2 Å². The Hall–Kier alpha value is -7.38. The molecule has 0 N–H and O–H groups in total. The van der Waals surface area contributed by atoms with Gasteiger partial charge in [0.05, 0.1) is 5.56 Å². The van der Waals surface area contributed by atoms with Crippen LogP contribution in [0.3, 0.4) is 0 Å². The summed E-state index contributed by atoms with van der Waals surface area (Å²) in [6.45, 7) is 2.07. The molecular weight excluding hydrogens is 728 g/mol. The molecule has 0 bridgehead atoms. The highest BCUT2D eigenvalue weighted by atomic mass is 19.4. The third kappa shape index (κ3) is 7.45. The summed E-state index contributed by atoms with van der Waals surface area (Å²) in [5.41, 5.74) is 11.9. The van der Waals surface area contributed by atoms with Crippen LogP contribution in [0.25, 0.3) is 44.8 Å². The van der Waals surface area contributed by atoms with Crippen LogP contribution in [-0.4, -0.2) is 4.98 Å². The van der Waals surface area contributed by atoms with Crippen molar-refractivity contribution in [1.82, 2.24) is 4.98 Å². The maximum Gasteiger partial charge on any atom is 0.416 e. The maximum atomic E-state index is 13.6. The van der Waals surface area contributed by atoms with Crippen molar-refractivity contribution in [2.75, 3.05) is 9.80 Å². The van der Waals surface area contributed by atoms with Gasteiger partial charge < -0.3 is 14.2 Å². The second kappa shape index (κ2) is 15.3. The van der Waals surface area contributed by atoms with Crippen molar-refractivity contribution in [3.8, 4) is 33.7 Å². The van der Waals surface area contributed by atoms with Crippen molar-refractivity contribution in [3.63, 3.8) is 0 Å². The van der Waals surface area contributed by atoms with Crippen LogP contribution in [0.2, 0.25) is 0 Å². The number of anilines is 6. The molecule has 4 nitrogen and oxygen atoms in total. The van der Waals surface area contributed by atoms with E-state index in [-0.39, 0.29) is 0 Å². The van der Waals surface area contributed by atoms with Crippen molar-refractivity contribution in [2.24, 2.45) is 0 Å². The van der Waals surface area contributed by atoms with E-state index in [1.54, 1.807) is 0 Å². The summed E-state index contributed by atoms with van der Waals surface area (Å²) in [6.07, 6.45) is -4.45. The molecule has 7 heteroatoms. The molecule has 58 heavy (non-hydrogen) atoms. The van der Waals surface area contributed by atoms with Gasteiger partial charge in [-0.3, -0.25) is 0 Å². The summed E-state index contributed by atoms with van der Waals surface area (Å²) in [5, 5.41) is 0. The third-order valence-corrected chi connectivity index (χ3v) is 10.2. The van der Waals surface area contributed by atoms with E-state index < -0.39 is 11.7 Å². The zero-order valence-electron chi connectivity index (χ0n) is 31.4. The van der Waals surface area contributed by atoms with Crippen molar-refractivity contribution >= 4 is 45.2 Å². The van der Waals surface area contributed by atoms with Gasteiger partial charge in [0, 0.05) is 45.8 Å². The first-order valence-corrected chi connectivity index (χ1v) is 18.9. The molecular formula is C51H36F3N3O. The molecule has 0 saturated heterocycles. The maximum absolute atomic E-state index is 13.6. The molecule has 0 spiro atoms. The topological polar surface area (TPSA) is 32.5 Å². The summed E-state index contributed by atoms with van der Waals surface area (Å²) in [7, 11) is 0. The van der Waals surface area contributed by atoms with Gasteiger partial charge in [0.1, 0.15) is 5.52 Å². The minimum atomic E-state index is -4.45. The number of aryl methyl sites for hydroxylation is 1. The second-order valence-electron chi connectivity index (χ2n) is 14.1. The Morgan fingerprint density at radius 1 is 0.414 bits per heavy atom. The van der Waals surface area contributed by atoms with E-state index >= 15 is 0 Å². The van der Waals surface area contributed by atoms with E-state index in [0.717, 1.165) is 68.4 Å². The Kier molecular flexibility index (Phi) is 9.55. The largest absolute Gasteiger partial charge is 0.436 e. The van der Waals surface area contributed by atoms with Gasteiger partial charge in [0.15, 0.2) is 5.58 Å². The molecule has 1 aromatic heterocycles. The number of halogens is 3. The number of nitrogens with zero attached hydrogens (tertiary/aromatic N) is 3. The average molecular weight is 764 g/mol. The van der Waals surface area contributed by atoms with Crippen molar-refractivity contribution in [3.05, 3.63) is 211 Å². The van der Waals surface area contributed by atoms with E-state index in [2.05, 4.69) is 72.5 Å². The molecule has 9 aromatic rings. The Labute approximate surface area is 334 Å². The lowest BCUT2D eigenvalue weighted by atomic mass is 10.0. The van der Waals surface area contributed by atoms with Gasteiger partial charge in [-0.25, -0.2) is 4.98 Å². The van der Waals surface area contributed by atoms with Gasteiger partial charge in [-0.1, -0.05) is 109 Å². The highest BCUT2D eigenvalue weighted by molar-refractivity contribution is 5.87. The molecule has 0 atom stereocenters. The number of aromatic nitrogens is 1. The van der Waals surface area contributed by atoms with Gasteiger partial charge in [-0.05, 0) is 120 Å². The minimum Gasteiger partial charge on any atom is -0.436 e. The van der Waals surface area contributed by atoms with E-state index in [1.165, 1.54) is 17.7 Å². The zero-order chi connectivity index (χ0) is 39.6. The zero-order valence-corrected chi connectivity index (χ0v) is 31.4. The minimum absolute atomic E-state index is 0.426. The lowest BCUT2D eigenvalue weighted by molar-refractivity contribution is -0.137. The number of benzene rings is 8. The highest BCUT2D eigenvalue weighted by Crippen LogP contribution is 2.41. The number of hydrogen-bond acceptors (Lipinski definition) is 4. The predicted octanol–water partition coefficient (Wildman–Crippen LogP) is 15.1. The standard InChI is InChI=1S/C51H36F3N3O/c1-35-15-23-42(24-16-35)57(44-27-19-39(20-28-44)37-11-6-3-7-12-37)47-31-32-48-49(34-47)58-50(55-48)40-13-8-14-46(33-40)56(45-29-21-41(22-30-45)51(52,53)54)43-25-17-38(18-26-43)36-9-4-2-5-10-36/h2-34H,1H3. The predicted molar refractivity (Wildman–Crippen MR) is 229 cm³/mol. The third-order valence-electron chi connectivity index (χ3n) is 10.2. The monoisotopic (exact) mass is 763 g/mol. The molecule has 0 radical (unpaired) electrons. The summed E-state index contributed by atoms with van der Waals surface area (Å²) < 4.78 is 47.3. The number of fused-ring (bicyclic) bond motifs is 1. The Balaban J connectivity index is 1.08. The van der Waals surface area contributed by atoms with Crippen molar-refractivity contribution in [2.45, 2.75) is 13.1 Å². The molecule has 282 valence electrons. The summed E-state index contributed by atoms with van der Waals surface area (Å²) >= 11 is 0. The van der Waals surface area contributed by atoms with E-state index in [1.807, 2.05) is 120 Å². The fraction of sp³-hybridized carbons (Fsp3) is 0.0392. The van der Waals surface area contributed by atoms with E-state index in [0.29, 0.717) is 22.7 Å². The molecule has 0 unspecified atom stereocenters. The summed E-state index contributed by atoms with van der Waals surface area (Å²) in [6, 6.07) is 64.2. The lowest BCUT2D eigenvalue weighted by Crippen LogP contribution is -2.11. The number of alkyl halides is 3. The van der Waals surface area contributed by atoms with Crippen LogP contribution < -0.4 is 9.80 Å². The molecule has 0 aliphatic carbocycles. The van der Waals surface area contributed by atoms with Crippen LogP contribution >= 0.6 is 0 Å². The Morgan fingerprint density at radius 3 is 1.36 bits per heavy atom. The molecule has 0 fully saturated rings. The van der Waals surface area contributed by atoms with Crippen LogP contribution in [0.5, 0.6) is 0 Å². The SMILES string of the molecule is Cc1ccc(N(c2ccc(-c3ccccc3)cc2)c2ccc3nc(-c4cccc(N(c5ccc(-c6ccccc6)cc5)c5ccc(C(F)(F)F)cc5)c4)oc3c2)cc1. The van der Waals surface area contributed by atoms with Crippen LogP contribution in [-0.2, 0) is 6.18 Å². The number of oxazole rings is 1. The van der Waals surface area contributed by atoms with E-state index in [9.17, 15) is 13.2 Å². The first-order chi connectivity index (χ1) is 28.3. The Morgan fingerprint density at radius 2 is 0.845 bits per heavy atom. The molecule has 0 aliphatic rings. The van der Waals surface area contributed by atoms with E-state index in [4.69, 9.17) is 9.40 Å². The first kappa shape index (κ1) is 36.3. The molecule has 0 amide bonds. The molecule has 8 aromatic carbocycles. The lowest BCUT2D eigenvalue weighted by Gasteiger charge is -2.26. The van der Waals surface area contributed by atoms with Crippen molar-refractivity contribution < 1.29 is 17.6 Å². The molecule has 1 heterocycles. The van der Waals surface area contributed by atoms with Gasteiger partial charge in [0.25, 0.3) is 0 Å². The molecule has 0 saturated carbocycles. The van der Waals surface area contributed by atoms with Crippen molar-refractivity contribution in [1.29, 1.82) is 0 Å².